The number of carbonyl (C=O) groups is 1. The second-order valence-corrected chi connectivity index (χ2v) is 8.25. The van der Waals surface area contributed by atoms with Crippen molar-refractivity contribution in [1.29, 1.82) is 0 Å². The van der Waals surface area contributed by atoms with Crippen molar-refractivity contribution in [2.45, 2.75) is 19.1 Å². The van der Waals surface area contributed by atoms with Gasteiger partial charge in [-0.15, -0.1) is 11.3 Å². The third kappa shape index (κ3) is 5.92. The van der Waals surface area contributed by atoms with E-state index in [4.69, 9.17) is 4.74 Å². The lowest BCUT2D eigenvalue weighted by Gasteiger charge is -2.18. The molecule has 0 saturated heterocycles. The van der Waals surface area contributed by atoms with Crippen LogP contribution in [-0.2, 0) is 11.3 Å². The highest BCUT2D eigenvalue weighted by molar-refractivity contribution is 7.10. The standard InChI is InChI=1S/C24H29N3O2S/c1-25-14-13-22(23-12-7-15-30-23)29-17-18-8-6-9-19(16-18)26-24(28)20-10-4-5-11-21(20)27(2)3/h4-12,15-16,22,25H,13-14,17H2,1-3H3,(H,26,28). The molecule has 0 spiro atoms. The van der Waals surface area contributed by atoms with E-state index in [0.717, 1.165) is 29.9 Å². The summed E-state index contributed by atoms with van der Waals surface area (Å²) in [7, 11) is 5.82. The molecule has 0 bridgehead atoms. The summed E-state index contributed by atoms with van der Waals surface area (Å²) in [6.45, 7) is 1.38. The molecule has 1 atom stereocenters. The van der Waals surface area contributed by atoms with Crippen LogP contribution in [0.5, 0.6) is 0 Å². The van der Waals surface area contributed by atoms with Crippen LogP contribution < -0.4 is 15.5 Å². The Bertz CT molecular complexity index is 941. The zero-order valence-corrected chi connectivity index (χ0v) is 18.5. The molecule has 0 aliphatic rings. The lowest BCUT2D eigenvalue weighted by atomic mass is 10.1. The first kappa shape index (κ1) is 22.0. The molecule has 5 nitrogen and oxygen atoms in total. The van der Waals surface area contributed by atoms with Gasteiger partial charge in [0.1, 0.15) is 0 Å². The molecule has 30 heavy (non-hydrogen) atoms. The van der Waals surface area contributed by atoms with Crippen molar-refractivity contribution in [1.82, 2.24) is 5.32 Å². The van der Waals surface area contributed by atoms with Crippen LogP contribution in [0.4, 0.5) is 11.4 Å². The summed E-state index contributed by atoms with van der Waals surface area (Å²) in [6, 6.07) is 19.6. The van der Waals surface area contributed by atoms with Crippen molar-refractivity contribution in [3.8, 4) is 0 Å². The number of thiophene rings is 1. The molecule has 1 unspecified atom stereocenters. The monoisotopic (exact) mass is 423 g/mol. The molecule has 0 saturated carbocycles. The average Bonchev–Trinajstić information content (AvgIpc) is 3.29. The lowest BCUT2D eigenvalue weighted by Crippen LogP contribution is -2.18. The van der Waals surface area contributed by atoms with E-state index >= 15 is 0 Å². The van der Waals surface area contributed by atoms with Gasteiger partial charge in [-0.2, -0.15) is 0 Å². The van der Waals surface area contributed by atoms with Crippen molar-refractivity contribution in [2.75, 3.05) is 37.9 Å². The van der Waals surface area contributed by atoms with Crippen LogP contribution in [0.1, 0.15) is 33.3 Å². The number of nitrogens with zero attached hydrogens (tertiary/aromatic N) is 1. The van der Waals surface area contributed by atoms with E-state index in [1.807, 2.05) is 74.6 Å². The Morgan fingerprint density at radius 2 is 1.93 bits per heavy atom. The van der Waals surface area contributed by atoms with Gasteiger partial charge in [0.2, 0.25) is 0 Å². The number of nitrogens with one attached hydrogen (secondary N) is 2. The minimum Gasteiger partial charge on any atom is -0.377 e. The van der Waals surface area contributed by atoms with Crippen LogP contribution in [0.3, 0.4) is 0 Å². The SMILES string of the molecule is CNCCC(OCc1cccc(NC(=O)c2ccccc2N(C)C)c1)c1cccs1. The smallest absolute Gasteiger partial charge is 0.257 e. The van der Waals surface area contributed by atoms with E-state index < -0.39 is 0 Å². The number of rotatable bonds is 10. The van der Waals surface area contributed by atoms with Gasteiger partial charge in [0.05, 0.1) is 18.3 Å². The molecule has 1 heterocycles. The Hall–Kier alpha value is -2.67. The zero-order valence-electron chi connectivity index (χ0n) is 17.7. The molecule has 158 valence electrons. The van der Waals surface area contributed by atoms with E-state index in [9.17, 15) is 4.79 Å². The van der Waals surface area contributed by atoms with Crippen molar-refractivity contribution >= 4 is 28.6 Å². The maximum absolute atomic E-state index is 12.8. The van der Waals surface area contributed by atoms with Crippen molar-refractivity contribution in [2.24, 2.45) is 0 Å². The van der Waals surface area contributed by atoms with E-state index in [1.54, 1.807) is 11.3 Å². The highest BCUT2D eigenvalue weighted by Crippen LogP contribution is 2.27. The molecule has 6 heteroatoms. The summed E-state index contributed by atoms with van der Waals surface area (Å²) in [4.78, 5) is 16.0. The van der Waals surface area contributed by atoms with Gasteiger partial charge < -0.3 is 20.3 Å². The van der Waals surface area contributed by atoms with Gasteiger partial charge >= 0.3 is 0 Å². The second kappa shape index (κ2) is 10.9. The van der Waals surface area contributed by atoms with Gasteiger partial charge in [-0.25, -0.2) is 0 Å². The lowest BCUT2D eigenvalue weighted by molar-refractivity contribution is 0.0368. The summed E-state index contributed by atoms with van der Waals surface area (Å²) in [6.07, 6.45) is 0.969. The van der Waals surface area contributed by atoms with Gasteiger partial charge in [0.15, 0.2) is 0 Å². The summed E-state index contributed by atoms with van der Waals surface area (Å²) >= 11 is 1.72. The minimum atomic E-state index is -0.122. The molecular weight excluding hydrogens is 394 g/mol. The van der Waals surface area contributed by atoms with Crippen LogP contribution in [-0.4, -0.2) is 33.6 Å². The summed E-state index contributed by atoms with van der Waals surface area (Å²) in [5.41, 5.74) is 3.32. The highest BCUT2D eigenvalue weighted by Gasteiger charge is 2.14. The minimum absolute atomic E-state index is 0.0580. The fourth-order valence-electron chi connectivity index (χ4n) is 3.25. The molecule has 1 amide bonds. The van der Waals surface area contributed by atoms with Gasteiger partial charge in [-0.1, -0.05) is 30.3 Å². The first-order valence-electron chi connectivity index (χ1n) is 10.0. The first-order chi connectivity index (χ1) is 14.6. The average molecular weight is 424 g/mol. The van der Waals surface area contributed by atoms with Crippen LogP contribution in [0.15, 0.2) is 66.0 Å². The summed E-state index contributed by atoms with van der Waals surface area (Å²) in [5.74, 6) is -0.122. The molecule has 1 aromatic heterocycles. The van der Waals surface area contributed by atoms with E-state index in [0.29, 0.717) is 12.2 Å². The van der Waals surface area contributed by atoms with Crippen molar-refractivity contribution in [3.63, 3.8) is 0 Å². The number of hydrogen-bond acceptors (Lipinski definition) is 5. The van der Waals surface area contributed by atoms with Crippen LogP contribution in [0.2, 0.25) is 0 Å². The largest absolute Gasteiger partial charge is 0.377 e. The van der Waals surface area contributed by atoms with Gasteiger partial charge in [0.25, 0.3) is 5.91 Å². The number of para-hydroxylation sites is 1. The topological polar surface area (TPSA) is 53.6 Å². The predicted molar refractivity (Wildman–Crippen MR) is 126 cm³/mol. The van der Waals surface area contributed by atoms with Gasteiger partial charge in [-0.3, -0.25) is 4.79 Å². The Labute approximate surface area is 182 Å². The zero-order chi connectivity index (χ0) is 21.3. The number of benzene rings is 2. The van der Waals surface area contributed by atoms with Crippen molar-refractivity contribution < 1.29 is 9.53 Å². The Kier molecular flexibility index (Phi) is 8.02. The number of amides is 1. The van der Waals surface area contributed by atoms with E-state index in [2.05, 4.69) is 28.1 Å². The number of carbonyl (C=O) groups excluding carboxylic acids is 1. The highest BCUT2D eigenvalue weighted by atomic mass is 32.1. The first-order valence-corrected chi connectivity index (χ1v) is 10.9. The Morgan fingerprint density at radius 1 is 1.10 bits per heavy atom. The number of ether oxygens (including phenoxy) is 1. The van der Waals surface area contributed by atoms with Gasteiger partial charge in [-0.05, 0) is 61.3 Å². The fourth-order valence-corrected chi connectivity index (χ4v) is 4.06. The van der Waals surface area contributed by atoms with Crippen LogP contribution in [0.25, 0.3) is 0 Å². The summed E-state index contributed by atoms with van der Waals surface area (Å²) < 4.78 is 6.22. The molecule has 0 fully saturated rings. The normalized spacial score (nSPS) is 11.8. The van der Waals surface area contributed by atoms with Crippen LogP contribution in [0, 0.1) is 0 Å². The molecule has 2 aromatic carbocycles. The second-order valence-electron chi connectivity index (χ2n) is 7.27. The maximum atomic E-state index is 12.8. The van der Waals surface area contributed by atoms with E-state index in [1.165, 1.54) is 4.88 Å². The maximum Gasteiger partial charge on any atom is 0.257 e. The number of hydrogen-bond donors (Lipinski definition) is 2. The number of anilines is 2. The van der Waals surface area contributed by atoms with Crippen molar-refractivity contribution in [3.05, 3.63) is 82.0 Å². The third-order valence-electron chi connectivity index (χ3n) is 4.78. The molecule has 0 aliphatic carbocycles. The Morgan fingerprint density at radius 3 is 2.67 bits per heavy atom. The summed E-state index contributed by atoms with van der Waals surface area (Å²) in [5, 5.41) is 8.28. The molecular formula is C24H29N3O2S. The van der Waals surface area contributed by atoms with Gasteiger partial charge in [0, 0.05) is 30.3 Å². The molecule has 2 N–H and O–H groups in total. The van der Waals surface area contributed by atoms with Crippen LogP contribution >= 0.6 is 11.3 Å². The quantitative estimate of drug-likeness (QED) is 0.485. The molecule has 3 rings (SSSR count). The third-order valence-corrected chi connectivity index (χ3v) is 5.75. The molecule has 0 radical (unpaired) electrons. The molecule has 0 aliphatic heterocycles. The Balaban J connectivity index is 1.66. The predicted octanol–water partition coefficient (Wildman–Crippen LogP) is 4.93. The van der Waals surface area contributed by atoms with E-state index in [-0.39, 0.29) is 12.0 Å². The molecule has 3 aromatic rings. The fraction of sp³-hybridized carbons (Fsp3) is 0.292.